The number of rotatable bonds is 6. The van der Waals surface area contributed by atoms with Crippen molar-refractivity contribution in [2.24, 2.45) is 0 Å². The van der Waals surface area contributed by atoms with Gasteiger partial charge in [0.2, 0.25) is 5.91 Å². The number of benzene rings is 2. The second-order valence-electron chi connectivity index (χ2n) is 5.09. The van der Waals surface area contributed by atoms with Crippen molar-refractivity contribution in [1.82, 2.24) is 5.32 Å². The molecule has 0 heterocycles. The van der Waals surface area contributed by atoms with Crippen molar-refractivity contribution in [3.63, 3.8) is 0 Å². The number of amides is 2. The van der Waals surface area contributed by atoms with Gasteiger partial charge in [0, 0.05) is 15.7 Å². The molecule has 0 radical (unpaired) electrons. The molecule has 2 amide bonds. The molecule has 2 N–H and O–H groups in total. The van der Waals surface area contributed by atoms with E-state index in [1.165, 1.54) is 24.3 Å². The summed E-state index contributed by atoms with van der Waals surface area (Å²) in [6.45, 7) is -1.29. The van der Waals surface area contributed by atoms with Crippen LogP contribution in [-0.4, -0.2) is 25.0 Å². The molecule has 0 aliphatic carbocycles. The molecule has 0 aliphatic rings. The summed E-state index contributed by atoms with van der Waals surface area (Å²) in [4.78, 5) is 23.9. The van der Waals surface area contributed by atoms with E-state index >= 15 is 0 Å². The Morgan fingerprint density at radius 1 is 1.16 bits per heavy atom. The summed E-state index contributed by atoms with van der Waals surface area (Å²) in [7, 11) is 0. The van der Waals surface area contributed by atoms with E-state index in [1.807, 2.05) is 13.0 Å². The second-order valence-corrected chi connectivity index (χ2v) is 6.01. The van der Waals surface area contributed by atoms with Crippen molar-refractivity contribution in [3.8, 4) is 5.75 Å². The minimum Gasteiger partial charge on any atom is -0.435 e. The zero-order valence-corrected chi connectivity index (χ0v) is 14.8. The fourth-order valence-corrected chi connectivity index (χ4v) is 2.49. The van der Waals surface area contributed by atoms with Crippen molar-refractivity contribution < 1.29 is 23.1 Å². The number of nitrogens with one attached hydrogen (secondary N) is 2. The number of aryl methyl sites for hydroxylation is 1. The molecular weight excluding hydrogens is 398 g/mol. The molecule has 0 saturated carbocycles. The van der Waals surface area contributed by atoms with E-state index in [-0.39, 0.29) is 23.8 Å². The first-order valence-corrected chi connectivity index (χ1v) is 8.03. The van der Waals surface area contributed by atoms with Gasteiger partial charge in [0.25, 0.3) is 5.91 Å². The molecule has 8 heteroatoms. The predicted octanol–water partition coefficient (Wildman–Crippen LogP) is 3.73. The first-order chi connectivity index (χ1) is 11.8. The Balaban J connectivity index is 1.87. The Kier molecular flexibility index (Phi) is 6.46. The third kappa shape index (κ3) is 5.82. The van der Waals surface area contributed by atoms with Crippen LogP contribution in [-0.2, 0) is 4.79 Å². The summed E-state index contributed by atoms with van der Waals surface area (Å²) in [6.07, 6.45) is 0. The van der Waals surface area contributed by atoms with Crippen LogP contribution in [0.25, 0.3) is 0 Å². The third-order valence-corrected chi connectivity index (χ3v) is 3.71. The summed E-state index contributed by atoms with van der Waals surface area (Å²) in [5.41, 5.74) is 1.76. The molecule has 2 aromatic carbocycles. The molecule has 132 valence electrons. The van der Waals surface area contributed by atoms with Gasteiger partial charge in [0.1, 0.15) is 5.75 Å². The van der Waals surface area contributed by atoms with Crippen molar-refractivity contribution in [1.29, 1.82) is 0 Å². The maximum Gasteiger partial charge on any atom is 0.387 e. The summed E-state index contributed by atoms with van der Waals surface area (Å²) in [6, 6.07) is 10.6. The van der Waals surface area contributed by atoms with Gasteiger partial charge >= 0.3 is 6.61 Å². The van der Waals surface area contributed by atoms with Crippen LogP contribution in [0.2, 0.25) is 0 Å². The van der Waals surface area contributed by atoms with Gasteiger partial charge in [0.15, 0.2) is 0 Å². The number of hydrogen-bond acceptors (Lipinski definition) is 3. The summed E-state index contributed by atoms with van der Waals surface area (Å²) in [5.74, 6) is -0.919. The van der Waals surface area contributed by atoms with Gasteiger partial charge < -0.3 is 15.4 Å². The first-order valence-electron chi connectivity index (χ1n) is 7.24. The lowest BCUT2D eigenvalue weighted by atomic mass is 10.2. The van der Waals surface area contributed by atoms with Gasteiger partial charge in [-0.2, -0.15) is 8.78 Å². The Morgan fingerprint density at radius 2 is 1.84 bits per heavy atom. The number of carbonyl (C=O) groups is 2. The minimum atomic E-state index is -2.93. The van der Waals surface area contributed by atoms with Crippen LogP contribution < -0.4 is 15.4 Å². The molecule has 2 rings (SSSR count). The number of ether oxygens (including phenoxy) is 1. The molecule has 0 unspecified atom stereocenters. The van der Waals surface area contributed by atoms with E-state index in [9.17, 15) is 18.4 Å². The highest BCUT2D eigenvalue weighted by atomic mass is 79.9. The van der Waals surface area contributed by atoms with Gasteiger partial charge in [0.05, 0.1) is 6.54 Å². The molecule has 0 saturated heterocycles. The highest BCUT2D eigenvalue weighted by Gasteiger charge is 2.10. The molecule has 0 atom stereocenters. The van der Waals surface area contributed by atoms with E-state index in [0.717, 1.165) is 10.0 Å². The highest BCUT2D eigenvalue weighted by Crippen LogP contribution is 2.20. The second kappa shape index (κ2) is 8.57. The Bertz CT molecular complexity index is 767. The third-order valence-electron chi connectivity index (χ3n) is 3.21. The quantitative estimate of drug-likeness (QED) is 0.759. The molecule has 5 nitrogen and oxygen atoms in total. The van der Waals surface area contributed by atoms with E-state index in [1.54, 1.807) is 12.1 Å². The van der Waals surface area contributed by atoms with Gasteiger partial charge in [-0.15, -0.1) is 0 Å². The monoisotopic (exact) mass is 412 g/mol. The van der Waals surface area contributed by atoms with Crippen LogP contribution in [0, 0.1) is 6.92 Å². The maximum absolute atomic E-state index is 12.1. The van der Waals surface area contributed by atoms with Crippen LogP contribution in [0.3, 0.4) is 0 Å². The molecular formula is C17H15BrF2N2O3. The van der Waals surface area contributed by atoms with Crippen molar-refractivity contribution in [2.45, 2.75) is 13.5 Å². The topological polar surface area (TPSA) is 67.4 Å². The van der Waals surface area contributed by atoms with E-state index < -0.39 is 12.5 Å². The fourth-order valence-electron chi connectivity index (χ4n) is 2.01. The Morgan fingerprint density at radius 3 is 2.44 bits per heavy atom. The van der Waals surface area contributed by atoms with Crippen molar-refractivity contribution in [3.05, 3.63) is 58.1 Å². The van der Waals surface area contributed by atoms with E-state index in [2.05, 4.69) is 31.3 Å². The van der Waals surface area contributed by atoms with Gasteiger partial charge in [-0.1, -0.05) is 15.9 Å². The zero-order valence-electron chi connectivity index (χ0n) is 13.2. The van der Waals surface area contributed by atoms with Crippen LogP contribution in [0.1, 0.15) is 15.9 Å². The summed E-state index contributed by atoms with van der Waals surface area (Å²) in [5, 5.41) is 5.16. The van der Waals surface area contributed by atoms with Gasteiger partial charge in [-0.25, -0.2) is 0 Å². The lowest BCUT2D eigenvalue weighted by molar-refractivity contribution is -0.115. The molecule has 0 bridgehead atoms. The SMILES string of the molecule is Cc1cc(Br)ccc1NC(=O)CNC(=O)c1ccc(OC(F)F)cc1. The van der Waals surface area contributed by atoms with Crippen molar-refractivity contribution in [2.75, 3.05) is 11.9 Å². The lowest BCUT2D eigenvalue weighted by Crippen LogP contribution is -2.32. The lowest BCUT2D eigenvalue weighted by Gasteiger charge is -2.10. The van der Waals surface area contributed by atoms with Crippen LogP contribution >= 0.6 is 15.9 Å². The Hall–Kier alpha value is -2.48. The van der Waals surface area contributed by atoms with Gasteiger partial charge in [-0.3, -0.25) is 9.59 Å². The van der Waals surface area contributed by atoms with Crippen LogP contribution in [0.15, 0.2) is 46.9 Å². The average molecular weight is 413 g/mol. The van der Waals surface area contributed by atoms with Crippen LogP contribution in [0.5, 0.6) is 5.75 Å². The molecule has 2 aromatic rings. The normalized spacial score (nSPS) is 10.4. The highest BCUT2D eigenvalue weighted by molar-refractivity contribution is 9.10. The van der Waals surface area contributed by atoms with Crippen LogP contribution in [0.4, 0.5) is 14.5 Å². The smallest absolute Gasteiger partial charge is 0.387 e. The number of carbonyl (C=O) groups excluding carboxylic acids is 2. The fraction of sp³-hybridized carbons (Fsp3) is 0.176. The number of alkyl halides is 2. The first kappa shape index (κ1) is 18.9. The zero-order chi connectivity index (χ0) is 18.4. The van der Waals surface area contributed by atoms with Gasteiger partial charge in [-0.05, 0) is 55.0 Å². The molecule has 0 aromatic heterocycles. The van der Waals surface area contributed by atoms with Crippen molar-refractivity contribution >= 4 is 33.4 Å². The largest absolute Gasteiger partial charge is 0.435 e. The standard InChI is InChI=1S/C17H15BrF2N2O3/c1-10-8-12(18)4-7-14(10)22-15(23)9-21-16(24)11-2-5-13(6-3-11)25-17(19)20/h2-8,17H,9H2,1H3,(H,21,24)(H,22,23). The van der Waals surface area contributed by atoms with E-state index in [0.29, 0.717) is 5.69 Å². The average Bonchev–Trinajstić information content (AvgIpc) is 2.55. The molecule has 25 heavy (non-hydrogen) atoms. The molecule has 0 spiro atoms. The molecule has 0 fully saturated rings. The summed E-state index contributed by atoms with van der Waals surface area (Å²) < 4.78 is 29.2. The number of halogens is 3. The number of hydrogen-bond donors (Lipinski definition) is 2. The number of anilines is 1. The molecule has 0 aliphatic heterocycles. The summed E-state index contributed by atoms with van der Waals surface area (Å²) >= 11 is 3.34. The predicted molar refractivity (Wildman–Crippen MR) is 92.9 cm³/mol. The Labute approximate surface area is 151 Å². The maximum atomic E-state index is 12.1. The minimum absolute atomic E-state index is 0.0463. The van der Waals surface area contributed by atoms with E-state index in [4.69, 9.17) is 0 Å².